The molecule has 6 N–H and O–H groups in total. The number of aromatic nitrogens is 3. The van der Waals surface area contributed by atoms with Gasteiger partial charge in [0.15, 0.2) is 21.5 Å². The largest absolute Gasteiger partial charge is 0.474 e. The van der Waals surface area contributed by atoms with E-state index >= 15 is 0 Å². The lowest BCUT2D eigenvalue weighted by atomic mass is 9.60. The van der Waals surface area contributed by atoms with Crippen molar-refractivity contribution in [2.45, 2.75) is 49.2 Å². The Labute approximate surface area is 181 Å². The number of rotatable bonds is 5. The molecule has 0 aromatic carbocycles. The Morgan fingerprint density at radius 2 is 2.13 bits per heavy atom. The first-order valence-electron chi connectivity index (χ1n) is 9.90. The molecule has 0 spiro atoms. The molecule has 11 nitrogen and oxygen atoms in total. The van der Waals surface area contributed by atoms with Gasteiger partial charge in [-0.3, -0.25) is 4.79 Å². The third-order valence-electron chi connectivity index (χ3n) is 5.72. The highest BCUT2D eigenvalue weighted by molar-refractivity contribution is 6.40. The number of nitrogens with zero attached hydrogens (tertiary/aromatic N) is 4. The summed E-state index contributed by atoms with van der Waals surface area (Å²) < 4.78 is 12.9. The van der Waals surface area contributed by atoms with E-state index in [1.807, 2.05) is 6.07 Å². The van der Waals surface area contributed by atoms with Crippen LogP contribution in [0.1, 0.15) is 19.5 Å². The van der Waals surface area contributed by atoms with Crippen molar-refractivity contribution in [1.82, 2.24) is 14.6 Å². The molecule has 0 amide bonds. The van der Waals surface area contributed by atoms with Crippen LogP contribution in [0, 0.1) is 17.2 Å². The van der Waals surface area contributed by atoms with Crippen LogP contribution in [-0.4, -0.2) is 84.1 Å². The maximum atomic E-state index is 12.4. The van der Waals surface area contributed by atoms with Crippen molar-refractivity contribution < 1.29 is 24.5 Å². The summed E-state index contributed by atoms with van der Waals surface area (Å²) in [5, 5.41) is 34.5. The summed E-state index contributed by atoms with van der Waals surface area (Å²) in [6.45, 7) is 3.55. The van der Waals surface area contributed by atoms with Gasteiger partial charge in [0.05, 0.1) is 11.1 Å². The van der Waals surface area contributed by atoms with Crippen LogP contribution < -0.4 is 16.9 Å². The minimum absolute atomic E-state index is 0.165. The van der Waals surface area contributed by atoms with E-state index in [9.17, 15) is 20.3 Å². The number of hydrogen-bond acceptors (Lipinski definition) is 10. The molecule has 0 bridgehead atoms. The number of hydrogen-bond donors (Lipinski definition) is 4. The average Bonchev–Trinajstić information content (AvgIpc) is 3.17. The first-order valence-corrected chi connectivity index (χ1v) is 9.90. The molecule has 162 valence electrons. The Bertz CT molecular complexity index is 1060. The normalized spacial score (nSPS) is 27.3. The topological polar surface area (TPSA) is 182 Å². The third-order valence-corrected chi connectivity index (χ3v) is 5.72. The van der Waals surface area contributed by atoms with E-state index in [2.05, 4.69) is 10.1 Å². The molecule has 5 atom stereocenters. The minimum atomic E-state index is -1.99. The lowest BCUT2D eigenvalue weighted by Gasteiger charge is -2.35. The molecule has 3 rings (SSSR count). The maximum absolute atomic E-state index is 12.4. The predicted octanol–water partition coefficient (Wildman–Crippen LogP) is -5.14. The predicted molar refractivity (Wildman–Crippen MR) is 118 cm³/mol. The van der Waals surface area contributed by atoms with E-state index in [-0.39, 0.29) is 17.4 Å². The van der Waals surface area contributed by atoms with E-state index < -0.39 is 41.3 Å². The number of carbonyl (C=O) groups is 1. The molecule has 0 aliphatic carbocycles. The molecule has 3 heterocycles. The Morgan fingerprint density at radius 1 is 1.48 bits per heavy atom. The average molecular weight is 426 g/mol. The van der Waals surface area contributed by atoms with E-state index in [1.54, 1.807) is 27.8 Å². The fraction of sp³-hybridized carbons (Fsp3) is 0.529. The van der Waals surface area contributed by atoms with Gasteiger partial charge in [-0.25, -0.2) is 9.50 Å². The highest BCUT2D eigenvalue weighted by Gasteiger charge is 2.61. The van der Waals surface area contributed by atoms with Crippen LogP contribution in [0.2, 0.25) is 0 Å². The van der Waals surface area contributed by atoms with Crippen LogP contribution in [-0.2, 0) is 19.9 Å². The molecule has 1 aliphatic heterocycles. The van der Waals surface area contributed by atoms with Crippen LogP contribution in [0.25, 0.3) is 5.52 Å². The molecule has 2 aromatic rings. The molecule has 31 heavy (non-hydrogen) atoms. The first-order chi connectivity index (χ1) is 14.4. The van der Waals surface area contributed by atoms with Gasteiger partial charge < -0.3 is 31.2 Å². The molecule has 2 aromatic heterocycles. The summed E-state index contributed by atoms with van der Waals surface area (Å²) >= 11 is 0. The molecule has 1 saturated heterocycles. The van der Waals surface area contributed by atoms with Gasteiger partial charge in [-0.2, -0.15) is 10.4 Å². The number of esters is 1. The number of nitriles is 1. The number of nitrogens with two attached hydrogens (primary N) is 2. The van der Waals surface area contributed by atoms with Gasteiger partial charge in [-0.1, -0.05) is 19.3 Å². The Kier molecular flexibility index (Phi) is 5.83. The zero-order chi connectivity index (χ0) is 23.3. The SMILES string of the molecule is Bc1cc([C@]2(C#N)OC(C(B)(B)OC(=O)[C@@H](N)C(C)C)[C@@H](O)[C@H]2O)n2ncnc(N)c12. The monoisotopic (exact) mass is 426 g/mol. The summed E-state index contributed by atoms with van der Waals surface area (Å²) in [6.07, 6.45) is -3.21. The number of carbonyl (C=O) groups excluding carboxylic acids is 1. The van der Waals surface area contributed by atoms with Crippen molar-refractivity contribution in [2.75, 3.05) is 5.73 Å². The van der Waals surface area contributed by atoms with E-state index in [0.29, 0.717) is 11.0 Å². The Balaban J connectivity index is 2.03. The zero-order valence-electron chi connectivity index (χ0n) is 18.1. The van der Waals surface area contributed by atoms with E-state index in [4.69, 9.17) is 20.9 Å². The smallest absolute Gasteiger partial charge is 0.322 e. The Hall–Kier alpha value is -2.59. The van der Waals surface area contributed by atoms with Gasteiger partial charge in [0.25, 0.3) is 0 Å². The molecule has 0 saturated carbocycles. The molecular formula is C17H25B3N6O5. The number of nitrogen functional groups attached to an aromatic ring is 1. The van der Waals surface area contributed by atoms with Crippen LogP contribution >= 0.6 is 0 Å². The highest BCUT2D eigenvalue weighted by Crippen LogP contribution is 2.42. The van der Waals surface area contributed by atoms with Crippen LogP contribution in [0.4, 0.5) is 5.82 Å². The molecule has 1 aliphatic rings. The Morgan fingerprint density at radius 3 is 2.71 bits per heavy atom. The molecule has 1 unspecified atom stereocenters. The molecule has 14 heteroatoms. The standard InChI is InChI=1S/C17H25B3N6O5/c1-6(2)9(22)15(29)31-17(19,20)13-11(27)12(28)16(4-21,30-13)8-3-7(18)10-14(23)24-5-25-26(8)10/h3,5-6,9,11-13,27-28H,18-20,22H2,1-2H3,(H2,23,24,25)/t9-,11-,12+,13?,16-/m0/s1. The second-order valence-corrected chi connectivity index (χ2v) is 8.73. The fourth-order valence-corrected chi connectivity index (χ4v) is 3.84. The van der Waals surface area contributed by atoms with Gasteiger partial charge in [0.2, 0.25) is 5.60 Å². The number of fused-ring (bicyclic) bond motifs is 1. The lowest BCUT2D eigenvalue weighted by Crippen LogP contribution is -2.55. The van der Waals surface area contributed by atoms with Crippen molar-refractivity contribution in [3.63, 3.8) is 0 Å². The van der Waals surface area contributed by atoms with E-state index in [0.717, 1.165) is 0 Å². The number of aliphatic hydroxyl groups is 2. The van der Waals surface area contributed by atoms with Crippen molar-refractivity contribution in [1.29, 1.82) is 5.26 Å². The second-order valence-electron chi connectivity index (χ2n) is 8.73. The number of ether oxygens (including phenoxy) is 2. The minimum Gasteiger partial charge on any atom is -0.474 e. The van der Waals surface area contributed by atoms with Gasteiger partial charge in [0.1, 0.15) is 50.1 Å². The van der Waals surface area contributed by atoms with Gasteiger partial charge in [-0.15, -0.1) is 0 Å². The lowest BCUT2D eigenvalue weighted by molar-refractivity contribution is -0.162. The van der Waals surface area contributed by atoms with Crippen LogP contribution in [0.3, 0.4) is 0 Å². The van der Waals surface area contributed by atoms with Crippen molar-refractivity contribution >= 4 is 46.3 Å². The summed E-state index contributed by atoms with van der Waals surface area (Å²) in [5.74, 6) is -0.653. The maximum Gasteiger partial charge on any atom is 0.322 e. The van der Waals surface area contributed by atoms with Gasteiger partial charge in [-0.05, 0) is 12.0 Å². The first kappa shape index (κ1) is 23.1. The van der Waals surface area contributed by atoms with Crippen LogP contribution in [0.5, 0.6) is 0 Å². The molecular weight excluding hydrogens is 401 g/mol. The number of anilines is 1. The summed E-state index contributed by atoms with van der Waals surface area (Å²) in [4.78, 5) is 16.4. The van der Waals surface area contributed by atoms with Gasteiger partial charge in [0, 0.05) is 0 Å². The van der Waals surface area contributed by atoms with Crippen molar-refractivity contribution in [3.8, 4) is 6.07 Å². The van der Waals surface area contributed by atoms with Crippen LogP contribution in [0.15, 0.2) is 12.4 Å². The zero-order valence-corrected chi connectivity index (χ0v) is 18.1. The van der Waals surface area contributed by atoms with E-state index in [1.165, 1.54) is 26.5 Å². The second kappa shape index (κ2) is 7.83. The highest BCUT2D eigenvalue weighted by atomic mass is 16.6. The quantitative estimate of drug-likeness (QED) is 0.267. The van der Waals surface area contributed by atoms with Crippen molar-refractivity contribution in [3.05, 3.63) is 18.1 Å². The third kappa shape index (κ3) is 3.57. The summed E-state index contributed by atoms with van der Waals surface area (Å²) in [7, 11) is 4.79. The summed E-state index contributed by atoms with van der Waals surface area (Å²) in [6, 6.07) is 2.69. The van der Waals surface area contributed by atoms with Crippen molar-refractivity contribution in [2.24, 2.45) is 11.7 Å². The number of aliphatic hydroxyl groups excluding tert-OH is 2. The summed E-state index contributed by atoms with van der Waals surface area (Å²) in [5.41, 5.74) is 11.1. The molecule has 0 radical (unpaired) electrons. The fourth-order valence-electron chi connectivity index (χ4n) is 3.84. The van der Waals surface area contributed by atoms with Gasteiger partial charge >= 0.3 is 5.97 Å². The molecule has 1 fully saturated rings.